The highest BCUT2D eigenvalue weighted by Gasteiger charge is 2.22. The van der Waals surface area contributed by atoms with E-state index in [0.717, 1.165) is 27.3 Å². The van der Waals surface area contributed by atoms with Crippen LogP contribution in [0.1, 0.15) is 27.3 Å². The lowest BCUT2D eigenvalue weighted by atomic mass is 9.97. The normalized spacial score (nSPS) is 12.4. The fourth-order valence-electron chi connectivity index (χ4n) is 3.57. The number of carbonyl (C=O) groups excluding carboxylic acids is 1. The van der Waals surface area contributed by atoms with Gasteiger partial charge in [0, 0.05) is 35.1 Å². The third kappa shape index (κ3) is 6.47. The number of thioether (sulfide) groups is 1. The number of carboxylic acids is 1. The van der Waals surface area contributed by atoms with E-state index >= 15 is 0 Å². The minimum absolute atomic E-state index is 0.363. The van der Waals surface area contributed by atoms with E-state index < -0.39 is 17.9 Å². The van der Waals surface area contributed by atoms with Gasteiger partial charge in [-0.3, -0.25) is 4.79 Å². The summed E-state index contributed by atoms with van der Waals surface area (Å²) in [5.74, 6) is -0.778. The molecular weight excluding hydrogens is 501 g/mol. The molecule has 0 spiro atoms. The van der Waals surface area contributed by atoms with Crippen molar-refractivity contribution in [2.24, 2.45) is 0 Å². The van der Waals surface area contributed by atoms with Crippen LogP contribution in [0.15, 0.2) is 65.3 Å². The van der Waals surface area contributed by atoms with Crippen LogP contribution in [0.2, 0.25) is 0 Å². The zero-order valence-electron chi connectivity index (χ0n) is 19.0. The molecule has 0 saturated carbocycles. The van der Waals surface area contributed by atoms with Crippen LogP contribution in [0.25, 0.3) is 22.8 Å². The molecule has 3 aromatic heterocycles. The lowest BCUT2D eigenvalue weighted by Crippen LogP contribution is -2.41. The smallest absolute Gasteiger partial charge is 0.326 e. The molecule has 0 radical (unpaired) electrons. The first kappa shape index (κ1) is 24.9. The molecule has 7 nitrogen and oxygen atoms in total. The van der Waals surface area contributed by atoms with Crippen LogP contribution in [-0.4, -0.2) is 49.6 Å². The van der Waals surface area contributed by atoms with Crippen molar-refractivity contribution in [2.75, 3.05) is 12.0 Å². The number of amides is 1. The number of imidazole rings is 1. The first-order valence-corrected chi connectivity index (χ1v) is 14.0. The average molecular weight is 525 g/mol. The van der Waals surface area contributed by atoms with Crippen molar-refractivity contribution in [3.05, 3.63) is 81.5 Å². The second kappa shape index (κ2) is 12.0. The Morgan fingerprint density at radius 3 is 2.80 bits per heavy atom. The second-order valence-corrected chi connectivity index (χ2v) is 10.4. The summed E-state index contributed by atoms with van der Waals surface area (Å²) in [6, 6.07) is 6.63. The quantitative estimate of drug-likeness (QED) is 0.278. The predicted octanol–water partition coefficient (Wildman–Crippen LogP) is 5.25. The molecule has 0 aliphatic carbocycles. The van der Waals surface area contributed by atoms with Crippen LogP contribution in [-0.2, 0) is 11.3 Å². The fourth-order valence-corrected chi connectivity index (χ4v) is 5.34. The van der Waals surface area contributed by atoms with E-state index in [0.29, 0.717) is 24.3 Å². The maximum absolute atomic E-state index is 13.2. The number of nitrogens with zero attached hydrogens (tertiary/aromatic N) is 3. The summed E-state index contributed by atoms with van der Waals surface area (Å²) in [4.78, 5) is 33.4. The van der Waals surface area contributed by atoms with Crippen molar-refractivity contribution < 1.29 is 14.7 Å². The van der Waals surface area contributed by atoms with Crippen LogP contribution in [0.5, 0.6) is 0 Å². The van der Waals surface area contributed by atoms with E-state index in [9.17, 15) is 14.7 Å². The maximum atomic E-state index is 13.2. The van der Waals surface area contributed by atoms with E-state index in [2.05, 4.69) is 21.4 Å². The first-order valence-electron chi connectivity index (χ1n) is 10.8. The topological polar surface area (TPSA) is 97.1 Å². The Labute approximate surface area is 215 Å². The summed E-state index contributed by atoms with van der Waals surface area (Å²) >= 11 is 4.66. The Morgan fingerprint density at radius 1 is 1.26 bits per heavy atom. The van der Waals surface area contributed by atoms with Gasteiger partial charge in [0.05, 0.1) is 12.9 Å². The van der Waals surface area contributed by atoms with Crippen molar-refractivity contribution in [2.45, 2.75) is 19.0 Å². The third-order valence-corrected chi connectivity index (χ3v) is 7.47. The maximum Gasteiger partial charge on any atom is 0.326 e. The number of nitrogens with one attached hydrogen (secondary N) is 1. The Balaban J connectivity index is 1.69. The Kier molecular flexibility index (Phi) is 8.51. The van der Waals surface area contributed by atoms with Gasteiger partial charge < -0.3 is 15.0 Å². The van der Waals surface area contributed by atoms with Gasteiger partial charge in [-0.25, -0.2) is 14.8 Å². The van der Waals surface area contributed by atoms with Crippen LogP contribution < -0.4 is 5.32 Å². The Hall–Kier alpha value is -3.21. The molecule has 180 valence electrons. The first-order chi connectivity index (χ1) is 17.0. The average Bonchev–Trinajstić information content (AvgIpc) is 3.64. The molecule has 1 amide bonds. The lowest BCUT2D eigenvalue weighted by Gasteiger charge is -2.16. The molecular formula is C25H24N4O3S3. The van der Waals surface area contributed by atoms with Crippen LogP contribution >= 0.6 is 34.4 Å². The number of benzene rings is 1. The number of aliphatic carboxylic acids is 1. The van der Waals surface area contributed by atoms with Gasteiger partial charge in [-0.15, -0.1) is 11.3 Å². The lowest BCUT2D eigenvalue weighted by molar-refractivity contribution is -0.139. The van der Waals surface area contributed by atoms with Gasteiger partial charge in [-0.2, -0.15) is 23.1 Å². The summed E-state index contributed by atoms with van der Waals surface area (Å²) in [5.41, 5.74) is 4.06. The summed E-state index contributed by atoms with van der Waals surface area (Å²) in [6.45, 7) is 0.610. The Bertz CT molecular complexity index is 1280. The fraction of sp³-hybridized carbons (Fsp3) is 0.200. The number of aromatic nitrogens is 3. The third-order valence-electron chi connectivity index (χ3n) is 5.29. The minimum atomic E-state index is -1.03. The number of hydrogen-bond acceptors (Lipinski definition) is 7. The molecule has 4 aromatic rings. The molecule has 1 atom stereocenters. The van der Waals surface area contributed by atoms with Crippen molar-refractivity contribution >= 4 is 58.0 Å². The van der Waals surface area contributed by atoms with E-state index in [4.69, 9.17) is 0 Å². The summed E-state index contributed by atoms with van der Waals surface area (Å²) in [6.07, 6.45) is 11.5. The van der Waals surface area contributed by atoms with Gasteiger partial charge in [0.2, 0.25) is 0 Å². The number of carbonyl (C=O) groups is 2. The highest BCUT2D eigenvalue weighted by Crippen LogP contribution is 2.30. The number of hydrogen-bond donors (Lipinski definition) is 2. The van der Waals surface area contributed by atoms with E-state index in [1.807, 2.05) is 51.4 Å². The van der Waals surface area contributed by atoms with Gasteiger partial charge in [-0.1, -0.05) is 6.07 Å². The standard InChI is InChI=1S/C25H24N4O3S3/c1-33-9-5-22(25(31)32)28-23(30)20-3-2-17(13-21(20)18-4-10-34-15-18)12-19(24-27-7-11-35-24)14-29-8-6-26-16-29/h2-4,6-8,10-13,15-16,22H,5,9,14H2,1H3,(H,28,30)(H,31,32)/b19-12-/t22-/m0/s1. The number of carboxylic acid groups (broad SMARTS) is 1. The minimum Gasteiger partial charge on any atom is -0.480 e. The molecule has 4 rings (SSSR count). The van der Waals surface area contributed by atoms with E-state index in [1.165, 1.54) is 0 Å². The molecule has 0 fully saturated rings. The van der Waals surface area contributed by atoms with Crippen LogP contribution in [0, 0.1) is 0 Å². The van der Waals surface area contributed by atoms with E-state index in [1.54, 1.807) is 59.2 Å². The molecule has 0 saturated heterocycles. The van der Waals surface area contributed by atoms with Gasteiger partial charge >= 0.3 is 5.97 Å². The second-order valence-electron chi connectivity index (χ2n) is 7.70. The van der Waals surface area contributed by atoms with Crippen molar-refractivity contribution in [3.8, 4) is 11.1 Å². The predicted molar refractivity (Wildman–Crippen MR) is 144 cm³/mol. The van der Waals surface area contributed by atoms with Crippen molar-refractivity contribution in [1.29, 1.82) is 0 Å². The highest BCUT2D eigenvalue weighted by molar-refractivity contribution is 7.98. The zero-order chi connectivity index (χ0) is 24.6. The van der Waals surface area contributed by atoms with Crippen LogP contribution in [0.3, 0.4) is 0 Å². The number of thiophene rings is 1. The summed E-state index contributed by atoms with van der Waals surface area (Å²) in [7, 11) is 0. The highest BCUT2D eigenvalue weighted by atomic mass is 32.2. The molecule has 10 heteroatoms. The molecule has 2 N–H and O–H groups in total. The van der Waals surface area contributed by atoms with Gasteiger partial charge in [0.15, 0.2) is 0 Å². The largest absolute Gasteiger partial charge is 0.480 e. The molecule has 0 unspecified atom stereocenters. The number of rotatable bonds is 11. The molecule has 0 aliphatic heterocycles. The van der Waals surface area contributed by atoms with Crippen molar-refractivity contribution in [1.82, 2.24) is 19.9 Å². The Morgan fingerprint density at radius 2 is 2.14 bits per heavy atom. The molecule has 1 aromatic carbocycles. The zero-order valence-corrected chi connectivity index (χ0v) is 21.4. The van der Waals surface area contributed by atoms with Crippen LogP contribution in [0.4, 0.5) is 0 Å². The van der Waals surface area contributed by atoms with Gasteiger partial charge in [-0.05, 0) is 70.2 Å². The van der Waals surface area contributed by atoms with Crippen molar-refractivity contribution in [3.63, 3.8) is 0 Å². The van der Waals surface area contributed by atoms with Gasteiger partial charge in [0.25, 0.3) is 5.91 Å². The molecule has 0 aliphatic rings. The molecule has 3 heterocycles. The van der Waals surface area contributed by atoms with E-state index in [-0.39, 0.29) is 0 Å². The summed E-state index contributed by atoms with van der Waals surface area (Å²) < 4.78 is 1.98. The number of thiazole rings is 1. The monoisotopic (exact) mass is 524 g/mol. The summed E-state index contributed by atoms with van der Waals surface area (Å²) in [5, 5.41) is 19.0. The molecule has 35 heavy (non-hydrogen) atoms. The SMILES string of the molecule is CSCC[C@H](NC(=O)c1ccc(/C=C(/Cn2ccnc2)c2nccs2)cc1-c1ccsc1)C(=O)O. The number of allylic oxidation sites excluding steroid dienone is 1. The van der Waals surface area contributed by atoms with Gasteiger partial charge in [0.1, 0.15) is 11.0 Å². The molecule has 0 bridgehead atoms.